The Morgan fingerprint density at radius 3 is 2.46 bits per heavy atom. The summed E-state index contributed by atoms with van der Waals surface area (Å²) in [4.78, 5) is 39.5. The molecular weight excluding hydrogens is 514 g/mol. The van der Waals surface area contributed by atoms with Crippen LogP contribution in [0, 0.1) is 0 Å². The van der Waals surface area contributed by atoms with E-state index in [1.807, 2.05) is 60.7 Å². The van der Waals surface area contributed by atoms with Gasteiger partial charge in [-0.25, -0.2) is 9.48 Å². The Kier molecular flexibility index (Phi) is 7.00. The summed E-state index contributed by atoms with van der Waals surface area (Å²) in [6.45, 7) is 0. The molecule has 1 saturated heterocycles. The molecule has 13 heteroatoms. The van der Waals surface area contributed by atoms with Crippen LogP contribution in [0.25, 0.3) is 0 Å². The second-order valence-corrected chi connectivity index (χ2v) is 10.4. The van der Waals surface area contributed by atoms with Crippen LogP contribution >= 0.6 is 23.5 Å². The Balaban J connectivity index is 1.50. The maximum Gasteiger partial charge on any atom is 0.356 e. The van der Waals surface area contributed by atoms with Gasteiger partial charge in [-0.15, -0.1) is 16.9 Å². The normalized spacial score (nSPS) is 20.9. The number of nitrogens with zero attached hydrogens (tertiary/aromatic N) is 5. The molecule has 1 aromatic heterocycles. The van der Waals surface area contributed by atoms with Crippen molar-refractivity contribution in [2.24, 2.45) is 12.8 Å². The molecule has 0 bridgehead atoms. The van der Waals surface area contributed by atoms with Gasteiger partial charge in [-0.05, 0) is 27.1 Å². The van der Waals surface area contributed by atoms with Gasteiger partial charge in [-0.3, -0.25) is 20.2 Å². The number of rotatable bonds is 9. The van der Waals surface area contributed by atoms with Crippen LogP contribution in [0.3, 0.4) is 0 Å². The number of nitrogens with one attached hydrogen (secondary N) is 1. The van der Waals surface area contributed by atoms with Crippen LogP contribution in [0.5, 0.6) is 0 Å². The largest absolute Gasteiger partial charge is 0.448 e. The lowest BCUT2D eigenvalue weighted by molar-refractivity contribution is -0.160. The highest BCUT2D eigenvalue weighted by atomic mass is 32.2. The van der Waals surface area contributed by atoms with E-state index in [1.54, 1.807) is 7.05 Å². The zero-order chi connectivity index (χ0) is 26.0. The molecule has 0 saturated carbocycles. The molecule has 0 unspecified atom stereocenters. The minimum Gasteiger partial charge on any atom is -0.448 e. The molecule has 0 spiro atoms. The van der Waals surface area contributed by atoms with E-state index in [9.17, 15) is 14.4 Å². The fourth-order valence-electron chi connectivity index (χ4n) is 4.22. The number of esters is 1. The number of carbonyl (C=O) groups is 3. The molecule has 1 fully saturated rings. The van der Waals surface area contributed by atoms with E-state index in [1.165, 1.54) is 33.1 Å². The van der Waals surface area contributed by atoms with Crippen LogP contribution in [0.4, 0.5) is 0 Å². The maximum atomic E-state index is 13.8. The molecule has 2 amide bonds. The lowest BCUT2D eigenvalue weighted by Gasteiger charge is -2.55. The van der Waals surface area contributed by atoms with Crippen molar-refractivity contribution in [1.29, 1.82) is 0 Å². The first kappa shape index (κ1) is 25.0. The summed E-state index contributed by atoms with van der Waals surface area (Å²) >= 11 is 2.71. The molecule has 11 nitrogen and oxygen atoms in total. The van der Waals surface area contributed by atoms with E-state index in [-0.39, 0.29) is 5.70 Å². The van der Waals surface area contributed by atoms with Gasteiger partial charge in [0.15, 0.2) is 6.10 Å². The monoisotopic (exact) mass is 537 g/mol. The molecule has 3 aromatic rings. The Hall–Kier alpha value is -3.68. The third-order valence-corrected chi connectivity index (χ3v) is 8.58. The van der Waals surface area contributed by atoms with Crippen LogP contribution < -0.4 is 11.1 Å². The van der Waals surface area contributed by atoms with Gasteiger partial charge in [0.25, 0.3) is 5.91 Å². The topological polar surface area (TPSA) is 145 Å². The van der Waals surface area contributed by atoms with Crippen molar-refractivity contribution < 1.29 is 19.1 Å². The summed E-state index contributed by atoms with van der Waals surface area (Å²) in [5.74, 6) is -0.487. The number of aromatic nitrogens is 4. The van der Waals surface area contributed by atoms with E-state index in [2.05, 4.69) is 20.8 Å². The Bertz CT molecular complexity index is 1310. The summed E-state index contributed by atoms with van der Waals surface area (Å²) < 4.78 is 7.62. The van der Waals surface area contributed by atoms with Crippen LogP contribution in [-0.4, -0.2) is 65.9 Å². The molecule has 3 heterocycles. The third kappa shape index (κ3) is 4.61. The number of hydrogen-bond acceptors (Lipinski definition) is 10. The highest BCUT2D eigenvalue weighted by molar-refractivity contribution is 8.01. The summed E-state index contributed by atoms with van der Waals surface area (Å²) in [5.41, 5.74) is 7.00. The molecule has 0 aliphatic carbocycles. The molecule has 3 N–H and O–H groups in total. The highest BCUT2D eigenvalue weighted by Gasteiger charge is 2.63. The van der Waals surface area contributed by atoms with Crippen molar-refractivity contribution >= 4 is 41.8 Å². The molecule has 2 aliphatic rings. The van der Waals surface area contributed by atoms with E-state index in [4.69, 9.17) is 10.5 Å². The molecule has 2 atom stereocenters. The Labute approximate surface area is 220 Å². The van der Waals surface area contributed by atoms with E-state index in [0.717, 1.165) is 11.1 Å². The number of tetrazole rings is 1. The first-order chi connectivity index (χ1) is 17.9. The number of hydrogen-bond donors (Lipinski definition) is 2. The molecule has 2 aliphatic heterocycles. The van der Waals surface area contributed by atoms with Gasteiger partial charge in [0.05, 0.1) is 0 Å². The number of amides is 2. The molecule has 0 radical (unpaired) electrons. The van der Waals surface area contributed by atoms with Crippen LogP contribution in [-0.2, 0) is 26.2 Å². The second kappa shape index (κ2) is 10.4. The van der Waals surface area contributed by atoms with Crippen molar-refractivity contribution in [3.8, 4) is 0 Å². The highest BCUT2D eigenvalue weighted by Crippen LogP contribution is 2.45. The Morgan fingerprint density at radius 1 is 1.24 bits per heavy atom. The summed E-state index contributed by atoms with van der Waals surface area (Å²) in [5, 5.41) is 13.8. The van der Waals surface area contributed by atoms with Gasteiger partial charge in [0, 0.05) is 18.6 Å². The quantitative estimate of drug-likeness (QED) is 0.134. The van der Waals surface area contributed by atoms with Gasteiger partial charge < -0.3 is 10.1 Å². The predicted octanol–water partition coefficient (Wildman–Crippen LogP) is 1.21. The smallest absolute Gasteiger partial charge is 0.356 e. The number of benzene rings is 2. The first-order valence-corrected chi connectivity index (χ1v) is 13.3. The van der Waals surface area contributed by atoms with Gasteiger partial charge in [-0.1, -0.05) is 72.4 Å². The standard InChI is InChI=1S/C24H23N7O4S2/c1-30-23(27-28-29-30)37-13-17-12-36-22-24(25,26-14-32)21(34)31(22)18(17)20(33)35-19(15-8-4-2-5-9-15)16-10-6-3-7-11-16/h2-11,14,19,22H,12-13,25H2,1H3,(H,26,32)/t22-,24+/m1/s1. The van der Waals surface area contributed by atoms with E-state index in [0.29, 0.717) is 28.6 Å². The van der Waals surface area contributed by atoms with Gasteiger partial charge >= 0.3 is 5.97 Å². The minimum absolute atomic E-state index is 0.127. The molecule has 5 rings (SSSR count). The van der Waals surface area contributed by atoms with Crippen molar-refractivity contribution in [3.63, 3.8) is 0 Å². The number of nitrogens with two attached hydrogens (primary N) is 1. The van der Waals surface area contributed by atoms with Crippen molar-refractivity contribution in [2.75, 3.05) is 11.5 Å². The Morgan fingerprint density at radius 2 is 1.89 bits per heavy atom. The molecular formula is C24H23N7O4S2. The zero-order valence-electron chi connectivity index (χ0n) is 19.7. The van der Waals surface area contributed by atoms with Crippen LogP contribution in [0.2, 0.25) is 0 Å². The second-order valence-electron chi connectivity index (χ2n) is 8.40. The average Bonchev–Trinajstić information content (AvgIpc) is 3.35. The average molecular weight is 538 g/mol. The molecule has 190 valence electrons. The number of β-lactam (4-membered cyclic amide) rings is 1. The summed E-state index contributed by atoms with van der Waals surface area (Å²) in [6, 6.07) is 18.8. The van der Waals surface area contributed by atoms with Crippen molar-refractivity contribution in [2.45, 2.75) is 22.3 Å². The van der Waals surface area contributed by atoms with Gasteiger partial charge in [0.2, 0.25) is 17.2 Å². The lowest BCUT2D eigenvalue weighted by Crippen LogP contribution is -2.83. The molecule has 2 aromatic carbocycles. The van der Waals surface area contributed by atoms with Crippen molar-refractivity contribution in [1.82, 2.24) is 30.4 Å². The van der Waals surface area contributed by atoms with E-state index < -0.39 is 29.0 Å². The van der Waals surface area contributed by atoms with Gasteiger partial charge in [-0.2, -0.15) is 0 Å². The fourth-order valence-corrected chi connectivity index (χ4v) is 6.59. The number of ether oxygens (including phenoxy) is 1. The third-order valence-electron chi connectivity index (χ3n) is 6.07. The van der Waals surface area contributed by atoms with Crippen LogP contribution in [0.1, 0.15) is 17.2 Å². The van der Waals surface area contributed by atoms with Crippen LogP contribution in [0.15, 0.2) is 77.1 Å². The summed E-state index contributed by atoms with van der Waals surface area (Å²) in [7, 11) is 1.72. The number of thioether (sulfide) groups is 2. The predicted molar refractivity (Wildman–Crippen MR) is 137 cm³/mol. The SMILES string of the molecule is Cn1nnnc1SCC1=C(C(=O)OC(c2ccccc2)c2ccccc2)N2C(=O)[C@](N)(NC=O)[C@H]2SC1. The lowest BCUT2D eigenvalue weighted by atomic mass is 9.96. The number of fused-ring (bicyclic) bond motifs is 1. The fraction of sp³-hybridized carbons (Fsp3) is 0.250. The first-order valence-electron chi connectivity index (χ1n) is 11.3. The molecule has 37 heavy (non-hydrogen) atoms. The maximum absolute atomic E-state index is 13.8. The van der Waals surface area contributed by atoms with E-state index >= 15 is 0 Å². The van der Waals surface area contributed by atoms with Gasteiger partial charge in [0.1, 0.15) is 11.1 Å². The minimum atomic E-state index is -1.59. The number of aryl methyl sites for hydroxylation is 1. The zero-order valence-corrected chi connectivity index (χ0v) is 21.3. The summed E-state index contributed by atoms with van der Waals surface area (Å²) in [6.07, 6.45) is -0.301. The van der Waals surface area contributed by atoms with Crippen molar-refractivity contribution in [3.05, 3.63) is 83.1 Å². The number of carbonyl (C=O) groups excluding carboxylic acids is 3.